The number of thiocarbonyl (C=S) groups is 1. The highest BCUT2D eigenvalue weighted by Crippen LogP contribution is 2.36. The molecule has 0 unspecified atom stereocenters. The molecule has 0 aliphatic rings. The van der Waals surface area contributed by atoms with Crippen LogP contribution in [0.5, 0.6) is 17.2 Å². The summed E-state index contributed by atoms with van der Waals surface area (Å²) in [6, 6.07) is 9.38. The summed E-state index contributed by atoms with van der Waals surface area (Å²) >= 11 is 11.3. The first-order valence-corrected chi connectivity index (χ1v) is 8.80. The Kier molecular flexibility index (Phi) is 6.91. The second kappa shape index (κ2) is 8.92. The third kappa shape index (κ3) is 5.25. The van der Waals surface area contributed by atoms with Gasteiger partial charge in [0.25, 0.3) is 0 Å². The van der Waals surface area contributed by atoms with Crippen molar-refractivity contribution in [2.24, 2.45) is 5.73 Å². The first kappa shape index (κ1) is 19.3. The largest absolute Gasteiger partial charge is 0.490 e. The van der Waals surface area contributed by atoms with E-state index in [-0.39, 0.29) is 4.99 Å². The van der Waals surface area contributed by atoms with E-state index >= 15 is 0 Å². The van der Waals surface area contributed by atoms with Crippen molar-refractivity contribution in [3.8, 4) is 17.2 Å². The summed E-state index contributed by atoms with van der Waals surface area (Å²) < 4.78 is 17.1. The molecule has 0 aliphatic carbocycles. The van der Waals surface area contributed by atoms with Gasteiger partial charge < -0.3 is 19.9 Å². The second-order valence-corrected chi connectivity index (χ2v) is 6.37. The van der Waals surface area contributed by atoms with Gasteiger partial charge in [-0.15, -0.1) is 0 Å². The number of halogens is 1. The number of rotatable bonds is 8. The van der Waals surface area contributed by atoms with Gasteiger partial charge in [0, 0.05) is 5.56 Å². The molecule has 0 heterocycles. The molecule has 0 aromatic heterocycles. The maximum absolute atomic E-state index is 6.29. The Morgan fingerprint density at radius 1 is 1.04 bits per heavy atom. The van der Waals surface area contributed by atoms with Crippen LogP contribution in [0.4, 0.5) is 0 Å². The minimum Gasteiger partial charge on any atom is -0.490 e. The van der Waals surface area contributed by atoms with E-state index in [1.165, 1.54) is 11.1 Å². The minimum absolute atomic E-state index is 0.257. The maximum atomic E-state index is 6.29. The lowest BCUT2D eigenvalue weighted by molar-refractivity contribution is 0.208. The standard InChI is InChI=1S/C19H22ClNO3S/c1-4-22-17-11-14(19(21)25)10-16(20)18(17)24-8-7-23-15-6-5-12(2)13(3)9-15/h5-6,9-11H,4,7-8H2,1-3H3,(H2,21,25). The third-order valence-electron chi connectivity index (χ3n) is 3.67. The van der Waals surface area contributed by atoms with Crippen LogP contribution in [0.15, 0.2) is 30.3 Å². The Balaban J connectivity index is 2.01. The molecule has 6 heteroatoms. The van der Waals surface area contributed by atoms with E-state index < -0.39 is 0 Å². The Morgan fingerprint density at radius 2 is 1.76 bits per heavy atom. The molecule has 2 N–H and O–H groups in total. The molecule has 134 valence electrons. The van der Waals surface area contributed by atoms with Crippen molar-refractivity contribution in [3.05, 3.63) is 52.0 Å². The van der Waals surface area contributed by atoms with Gasteiger partial charge in [0.2, 0.25) is 0 Å². The fourth-order valence-corrected chi connectivity index (χ4v) is 2.60. The van der Waals surface area contributed by atoms with Gasteiger partial charge in [-0.3, -0.25) is 0 Å². The van der Waals surface area contributed by atoms with Crippen LogP contribution in [0.1, 0.15) is 23.6 Å². The molecule has 2 rings (SSSR count). The zero-order valence-electron chi connectivity index (χ0n) is 14.6. The molecule has 0 radical (unpaired) electrons. The molecule has 0 atom stereocenters. The quantitative estimate of drug-likeness (QED) is 0.542. The van der Waals surface area contributed by atoms with Crippen LogP contribution in [0.3, 0.4) is 0 Å². The molecular formula is C19H22ClNO3S. The second-order valence-electron chi connectivity index (χ2n) is 5.53. The van der Waals surface area contributed by atoms with Crippen molar-refractivity contribution >= 4 is 28.8 Å². The van der Waals surface area contributed by atoms with Gasteiger partial charge in [-0.05, 0) is 56.2 Å². The van der Waals surface area contributed by atoms with E-state index in [1.54, 1.807) is 12.1 Å². The SMILES string of the molecule is CCOc1cc(C(N)=S)cc(Cl)c1OCCOc1ccc(C)c(C)c1. The van der Waals surface area contributed by atoms with Gasteiger partial charge in [-0.2, -0.15) is 0 Å². The maximum Gasteiger partial charge on any atom is 0.179 e. The van der Waals surface area contributed by atoms with Crippen LogP contribution in [0.2, 0.25) is 5.02 Å². The normalized spacial score (nSPS) is 10.4. The van der Waals surface area contributed by atoms with Crippen LogP contribution in [0.25, 0.3) is 0 Å². The minimum atomic E-state index is 0.257. The van der Waals surface area contributed by atoms with E-state index in [4.69, 9.17) is 43.8 Å². The lowest BCUT2D eigenvalue weighted by atomic mass is 10.1. The fourth-order valence-electron chi connectivity index (χ4n) is 2.22. The summed E-state index contributed by atoms with van der Waals surface area (Å²) in [5, 5.41) is 0.403. The molecule has 25 heavy (non-hydrogen) atoms. The van der Waals surface area contributed by atoms with Crippen molar-refractivity contribution < 1.29 is 14.2 Å². The summed E-state index contributed by atoms with van der Waals surface area (Å²) in [5.74, 6) is 1.79. The predicted molar refractivity (Wildman–Crippen MR) is 105 cm³/mol. The highest BCUT2D eigenvalue weighted by Gasteiger charge is 2.14. The molecule has 0 amide bonds. The van der Waals surface area contributed by atoms with Crippen LogP contribution in [0, 0.1) is 13.8 Å². The van der Waals surface area contributed by atoms with Gasteiger partial charge in [0.05, 0.1) is 11.6 Å². The highest BCUT2D eigenvalue weighted by atomic mass is 35.5. The van der Waals surface area contributed by atoms with Gasteiger partial charge in [0.15, 0.2) is 11.5 Å². The van der Waals surface area contributed by atoms with Gasteiger partial charge >= 0.3 is 0 Å². The third-order valence-corrected chi connectivity index (χ3v) is 4.19. The molecule has 2 aromatic rings. The molecule has 2 aromatic carbocycles. The summed E-state index contributed by atoms with van der Waals surface area (Å²) in [7, 11) is 0. The van der Waals surface area contributed by atoms with Crippen LogP contribution >= 0.6 is 23.8 Å². The molecule has 0 saturated heterocycles. The summed E-state index contributed by atoms with van der Waals surface area (Å²) in [6.45, 7) is 7.20. The van der Waals surface area contributed by atoms with E-state index in [2.05, 4.69) is 13.8 Å². The lowest BCUT2D eigenvalue weighted by Gasteiger charge is -2.15. The summed E-state index contributed by atoms with van der Waals surface area (Å²) in [6.07, 6.45) is 0. The fraction of sp³-hybridized carbons (Fsp3) is 0.316. The first-order chi connectivity index (χ1) is 11.9. The predicted octanol–water partition coefficient (Wildman–Crippen LogP) is 4.45. The average molecular weight is 380 g/mol. The zero-order chi connectivity index (χ0) is 18.4. The van der Waals surface area contributed by atoms with E-state index in [9.17, 15) is 0 Å². The van der Waals surface area contributed by atoms with Crippen molar-refractivity contribution in [3.63, 3.8) is 0 Å². The monoisotopic (exact) mass is 379 g/mol. The summed E-state index contributed by atoms with van der Waals surface area (Å²) in [5.41, 5.74) is 8.72. The number of hydrogen-bond donors (Lipinski definition) is 1. The Hall–Kier alpha value is -1.98. The van der Waals surface area contributed by atoms with Crippen LogP contribution in [-0.2, 0) is 0 Å². The van der Waals surface area contributed by atoms with Gasteiger partial charge in [-0.1, -0.05) is 29.9 Å². The van der Waals surface area contributed by atoms with Crippen molar-refractivity contribution in [1.29, 1.82) is 0 Å². The lowest BCUT2D eigenvalue weighted by Crippen LogP contribution is -2.12. The van der Waals surface area contributed by atoms with Crippen molar-refractivity contribution in [2.75, 3.05) is 19.8 Å². The molecule has 4 nitrogen and oxygen atoms in total. The van der Waals surface area contributed by atoms with Gasteiger partial charge in [0.1, 0.15) is 24.0 Å². The van der Waals surface area contributed by atoms with Crippen molar-refractivity contribution in [1.82, 2.24) is 0 Å². The number of aryl methyl sites for hydroxylation is 2. The molecular weight excluding hydrogens is 358 g/mol. The number of benzene rings is 2. The number of hydrogen-bond acceptors (Lipinski definition) is 4. The highest BCUT2D eigenvalue weighted by molar-refractivity contribution is 7.80. The van der Waals surface area contributed by atoms with Crippen molar-refractivity contribution in [2.45, 2.75) is 20.8 Å². The molecule has 0 bridgehead atoms. The molecule has 0 spiro atoms. The van der Waals surface area contributed by atoms with Gasteiger partial charge in [-0.25, -0.2) is 0 Å². The summed E-state index contributed by atoms with van der Waals surface area (Å²) in [4.78, 5) is 0.257. The number of ether oxygens (including phenoxy) is 3. The first-order valence-electron chi connectivity index (χ1n) is 8.01. The Labute approximate surface area is 158 Å². The number of nitrogens with two attached hydrogens (primary N) is 1. The zero-order valence-corrected chi connectivity index (χ0v) is 16.2. The Morgan fingerprint density at radius 3 is 2.40 bits per heavy atom. The topological polar surface area (TPSA) is 53.7 Å². The molecule has 0 saturated carbocycles. The van der Waals surface area contributed by atoms with Crippen LogP contribution < -0.4 is 19.9 Å². The van der Waals surface area contributed by atoms with E-state index in [0.29, 0.717) is 41.9 Å². The van der Waals surface area contributed by atoms with E-state index in [0.717, 1.165) is 5.75 Å². The Bertz CT molecular complexity index is 765. The average Bonchev–Trinajstić information content (AvgIpc) is 2.56. The smallest absolute Gasteiger partial charge is 0.179 e. The molecule has 0 fully saturated rings. The van der Waals surface area contributed by atoms with Crippen LogP contribution in [-0.4, -0.2) is 24.8 Å². The molecule has 0 aliphatic heterocycles. The van der Waals surface area contributed by atoms with E-state index in [1.807, 2.05) is 25.1 Å².